The molecule has 0 spiro atoms. The highest BCUT2D eigenvalue weighted by atomic mass is 32.2. The molecular formula is C49H75N3O17S. The van der Waals surface area contributed by atoms with E-state index in [9.17, 15) is 54.6 Å². The van der Waals surface area contributed by atoms with E-state index >= 15 is 0 Å². The Bertz CT molecular complexity index is 1780. The van der Waals surface area contributed by atoms with Crippen LogP contribution in [-0.2, 0) is 47.6 Å². The van der Waals surface area contributed by atoms with Gasteiger partial charge < -0.3 is 69.7 Å². The number of methoxy groups -OCH3 is 2. The number of aliphatic hydroxyl groups excluding tert-OH is 5. The van der Waals surface area contributed by atoms with E-state index in [2.05, 4.69) is 72.2 Å². The number of amides is 4. The van der Waals surface area contributed by atoms with Crippen molar-refractivity contribution < 1.29 is 83.0 Å². The van der Waals surface area contributed by atoms with Gasteiger partial charge in [-0.3, -0.25) is 19.3 Å². The number of rotatable bonds is 32. The fraction of sp³-hybridized carbons (Fsp3) is 0.653. The third-order valence-electron chi connectivity index (χ3n) is 11.3. The minimum absolute atomic E-state index is 0.0947. The number of nitrogens with one attached hydrogen (secondary N) is 2. The summed E-state index contributed by atoms with van der Waals surface area (Å²) >= 11 is 1.01. The number of hydrogen-bond donors (Lipinski definition) is 8. The fourth-order valence-corrected chi connectivity index (χ4v) is 8.55. The van der Waals surface area contributed by atoms with Crippen LogP contribution in [0.4, 0.5) is 4.79 Å². The number of carbonyl (C=O) groups is 5. The number of unbranched alkanes of at least 4 members (excludes halogenated alkanes) is 2. The lowest BCUT2D eigenvalue weighted by Gasteiger charge is -2.43. The second kappa shape index (κ2) is 34.2. The monoisotopic (exact) mass is 1010 g/mol. The number of imide groups is 1. The summed E-state index contributed by atoms with van der Waals surface area (Å²) in [5.41, 5.74) is 0. The Kier molecular flexibility index (Phi) is 29.3. The molecule has 0 aromatic carbocycles. The van der Waals surface area contributed by atoms with Gasteiger partial charge in [-0.15, -0.1) is 11.8 Å². The van der Waals surface area contributed by atoms with E-state index < -0.39 is 109 Å². The highest BCUT2D eigenvalue weighted by molar-refractivity contribution is 8.00. The first kappa shape index (κ1) is 60.0. The molecule has 8 N–H and O–H groups in total. The summed E-state index contributed by atoms with van der Waals surface area (Å²) in [6.45, 7) is 1.74. The predicted octanol–water partition coefficient (Wildman–Crippen LogP) is 2.72. The number of hydrogen-bond acceptors (Lipinski definition) is 17. The molecule has 12 atom stereocenters. The number of likely N-dealkylation sites (tertiary alicyclic amines) is 1. The average Bonchev–Trinajstić information content (AvgIpc) is 3.61. The summed E-state index contributed by atoms with van der Waals surface area (Å²) < 4.78 is 32.1. The van der Waals surface area contributed by atoms with Crippen LogP contribution in [0.15, 0.2) is 72.9 Å². The van der Waals surface area contributed by atoms with E-state index in [1.165, 1.54) is 14.2 Å². The Balaban J connectivity index is 1.29. The maximum atomic E-state index is 13.1. The Morgan fingerprint density at radius 3 is 1.91 bits per heavy atom. The summed E-state index contributed by atoms with van der Waals surface area (Å²) in [5, 5.41) is 66.4. The van der Waals surface area contributed by atoms with Gasteiger partial charge in [-0.25, -0.2) is 9.59 Å². The molecule has 0 bridgehead atoms. The van der Waals surface area contributed by atoms with Crippen LogP contribution in [-0.4, -0.2) is 184 Å². The van der Waals surface area contributed by atoms with Crippen molar-refractivity contribution in [1.29, 1.82) is 0 Å². The van der Waals surface area contributed by atoms with E-state index in [1.54, 1.807) is 0 Å². The zero-order valence-corrected chi connectivity index (χ0v) is 41.2. The van der Waals surface area contributed by atoms with Gasteiger partial charge in [0.1, 0.15) is 48.8 Å². The Morgan fingerprint density at radius 1 is 0.743 bits per heavy atom. The van der Waals surface area contributed by atoms with Gasteiger partial charge in [0.15, 0.2) is 18.7 Å². The van der Waals surface area contributed by atoms with Crippen molar-refractivity contribution >= 4 is 41.5 Å². The lowest BCUT2D eigenvalue weighted by atomic mass is 9.98. The van der Waals surface area contributed by atoms with Crippen LogP contribution < -0.4 is 10.6 Å². The third kappa shape index (κ3) is 21.2. The smallest absolute Gasteiger partial charge is 0.407 e. The zero-order chi connectivity index (χ0) is 51.3. The molecule has 5 unspecified atom stereocenters. The molecule has 4 amide bonds. The van der Waals surface area contributed by atoms with Gasteiger partial charge in [-0.1, -0.05) is 79.8 Å². The topological polar surface area (TPSA) is 289 Å². The van der Waals surface area contributed by atoms with Crippen molar-refractivity contribution in [3.63, 3.8) is 0 Å². The molecule has 3 saturated heterocycles. The number of ether oxygens (including phenoxy) is 6. The lowest BCUT2D eigenvalue weighted by molar-refractivity contribution is -0.328. The number of carbonyl (C=O) groups excluding carboxylic acids is 4. The van der Waals surface area contributed by atoms with Crippen LogP contribution in [0.25, 0.3) is 0 Å². The van der Waals surface area contributed by atoms with Gasteiger partial charge in [-0.2, -0.15) is 0 Å². The maximum absolute atomic E-state index is 13.1. The molecule has 3 aliphatic rings. The SMILES string of the molecule is CC/C=C\C/C=C\C/C=C\C/C=C\C/C=C\C/C=C\CCC(=O)N[C@H](CSC1CC(=O)N(CCCCCNC(=O)O[C@@H]2C(O)[C@@H](OC)OC(CO[C@H]3OC(COC)[C@@H](O)[C@H](O)C3O)[C@H]2O)C1=O)C(=O)O. The molecule has 3 heterocycles. The fourth-order valence-electron chi connectivity index (χ4n) is 7.37. The largest absolute Gasteiger partial charge is 0.480 e. The van der Waals surface area contributed by atoms with E-state index in [0.29, 0.717) is 32.1 Å². The van der Waals surface area contributed by atoms with E-state index in [-0.39, 0.29) is 38.3 Å². The number of aliphatic carboxylic acids is 1. The number of alkyl carbamates (subject to hydrolysis) is 1. The first-order valence-corrected chi connectivity index (χ1v) is 25.0. The molecule has 0 aliphatic carbocycles. The highest BCUT2D eigenvalue weighted by Gasteiger charge is 2.49. The lowest BCUT2D eigenvalue weighted by Crippen LogP contribution is -2.62. The number of carboxylic acids is 1. The molecule has 0 saturated carbocycles. The molecule has 3 rings (SSSR count). The molecular weight excluding hydrogens is 935 g/mol. The van der Waals surface area contributed by atoms with Crippen molar-refractivity contribution in [3.05, 3.63) is 72.9 Å². The minimum Gasteiger partial charge on any atom is -0.480 e. The molecule has 0 aromatic rings. The van der Waals surface area contributed by atoms with Gasteiger partial charge in [-0.05, 0) is 64.2 Å². The Morgan fingerprint density at radius 2 is 1.33 bits per heavy atom. The van der Waals surface area contributed by atoms with Gasteiger partial charge in [0.2, 0.25) is 17.7 Å². The van der Waals surface area contributed by atoms with Crippen LogP contribution in [0.1, 0.15) is 84.0 Å². The van der Waals surface area contributed by atoms with Crippen LogP contribution in [0, 0.1) is 0 Å². The predicted molar refractivity (Wildman–Crippen MR) is 259 cm³/mol. The molecule has 3 aliphatic heterocycles. The minimum atomic E-state index is -1.67. The van der Waals surface area contributed by atoms with Crippen molar-refractivity contribution in [2.24, 2.45) is 0 Å². The average molecular weight is 1010 g/mol. The summed E-state index contributed by atoms with van der Waals surface area (Å²) in [6, 6.07) is -1.24. The highest BCUT2D eigenvalue weighted by Crippen LogP contribution is 2.28. The molecule has 3 fully saturated rings. The van der Waals surface area contributed by atoms with Crippen LogP contribution in [0.2, 0.25) is 0 Å². The zero-order valence-electron chi connectivity index (χ0n) is 40.4. The van der Waals surface area contributed by atoms with E-state index in [0.717, 1.165) is 48.8 Å². The van der Waals surface area contributed by atoms with E-state index in [1.807, 2.05) is 18.2 Å². The third-order valence-corrected chi connectivity index (χ3v) is 12.6. The van der Waals surface area contributed by atoms with Crippen molar-refractivity contribution in [2.45, 2.75) is 157 Å². The van der Waals surface area contributed by atoms with Crippen LogP contribution >= 0.6 is 11.8 Å². The van der Waals surface area contributed by atoms with Crippen molar-refractivity contribution in [3.8, 4) is 0 Å². The second-order valence-corrected chi connectivity index (χ2v) is 18.0. The molecule has 0 radical (unpaired) electrons. The molecule has 394 valence electrons. The Hall–Kier alpha value is -4.26. The van der Waals surface area contributed by atoms with E-state index in [4.69, 9.17) is 28.4 Å². The number of carboxylic acid groups (broad SMARTS) is 1. The van der Waals surface area contributed by atoms with Gasteiger partial charge in [0.25, 0.3) is 0 Å². The molecule has 21 heteroatoms. The molecule has 70 heavy (non-hydrogen) atoms. The normalized spacial score (nSPS) is 28.1. The summed E-state index contributed by atoms with van der Waals surface area (Å²) in [6.07, 6.45) is 16.6. The summed E-state index contributed by atoms with van der Waals surface area (Å²) in [4.78, 5) is 64.1. The Labute approximate surface area is 414 Å². The maximum Gasteiger partial charge on any atom is 0.407 e. The van der Waals surface area contributed by atoms with Gasteiger partial charge in [0, 0.05) is 45.9 Å². The summed E-state index contributed by atoms with van der Waals surface area (Å²) in [7, 11) is 2.57. The number of allylic oxidation sites excluding steroid dienone is 12. The van der Waals surface area contributed by atoms with Crippen LogP contribution in [0.5, 0.6) is 0 Å². The second-order valence-electron chi connectivity index (χ2n) is 16.7. The molecule has 0 aromatic heterocycles. The standard InChI is InChI=1S/C49H75N3O17S/c1-4-5-6-7-8-9-10-11-12-13-14-15-16-17-18-19-20-21-23-26-37(53)51-33(46(61)62)32-70-36-29-38(54)52(45(36)60)28-25-22-24-27-50-49(63)69-44-40(56)35(67-47(65-3)43(44)59)31-66-48-42(58)41(57)39(55)34(68-48)30-64-2/h5-6,8-9,11-12,14-15,17-18,20-21,33-36,39-44,47-48,55-59H,4,7,10,13,16,19,22-32H2,1-3H3,(H,50,63)(H,51,53)(H,61,62)/b6-5-,9-8-,12-11-,15-14-,18-17-,21-20-/t33-,34?,35?,36?,39-,40-,41+,42?,43?,44+,47+,48+/m1/s1. The van der Waals surface area contributed by atoms with Gasteiger partial charge >= 0.3 is 12.1 Å². The van der Waals surface area contributed by atoms with Gasteiger partial charge in [0.05, 0.1) is 18.5 Å². The quantitative estimate of drug-likeness (QED) is 0.0273. The van der Waals surface area contributed by atoms with Crippen molar-refractivity contribution in [2.75, 3.05) is 46.3 Å². The van der Waals surface area contributed by atoms with Crippen LogP contribution in [0.3, 0.4) is 0 Å². The number of aliphatic hydroxyl groups is 5. The van der Waals surface area contributed by atoms with Crippen molar-refractivity contribution in [1.82, 2.24) is 15.5 Å². The first-order valence-electron chi connectivity index (χ1n) is 23.9. The summed E-state index contributed by atoms with van der Waals surface area (Å²) in [5.74, 6) is -2.62. The first-order chi connectivity index (χ1) is 33.7. The number of thioether (sulfide) groups is 1. The molecule has 20 nitrogen and oxygen atoms in total. The number of nitrogens with zero attached hydrogens (tertiary/aromatic N) is 1.